The maximum atomic E-state index is 12.8. The first-order valence-electron chi connectivity index (χ1n) is 9.55. The van der Waals surface area contributed by atoms with Crippen LogP contribution in [-0.4, -0.2) is 33.3 Å². The molecule has 32 heavy (non-hydrogen) atoms. The Morgan fingerprint density at radius 2 is 1.53 bits per heavy atom. The Morgan fingerprint density at radius 1 is 0.969 bits per heavy atom. The quantitative estimate of drug-likeness (QED) is 0.257. The zero-order valence-corrected chi connectivity index (χ0v) is 17.7. The Bertz CT molecular complexity index is 926. The minimum Gasteiger partial charge on any atom is -0.370 e. The van der Waals surface area contributed by atoms with E-state index in [9.17, 15) is 31.4 Å². The summed E-state index contributed by atoms with van der Waals surface area (Å²) in [6, 6.07) is 8.57. The van der Waals surface area contributed by atoms with Crippen molar-refractivity contribution in [3.05, 3.63) is 75.5 Å². The summed E-state index contributed by atoms with van der Waals surface area (Å²) in [5, 5.41) is 29.3. The highest BCUT2D eigenvalue weighted by atomic mass is 32.1. The van der Waals surface area contributed by atoms with Gasteiger partial charge < -0.3 is 15.3 Å². The molecular weight excluding hydrogens is 458 g/mol. The summed E-state index contributed by atoms with van der Waals surface area (Å²) in [6.07, 6.45) is -10.2. The first kappa shape index (κ1) is 26.1. The number of benzene rings is 1. The van der Waals surface area contributed by atoms with Crippen LogP contribution in [0.3, 0.4) is 0 Å². The molecular formula is C22H22F6O3S. The van der Waals surface area contributed by atoms with E-state index in [1.807, 2.05) is 11.4 Å². The predicted molar refractivity (Wildman–Crippen MR) is 110 cm³/mol. The minimum absolute atomic E-state index is 0.288. The molecule has 0 aliphatic heterocycles. The van der Waals surface area contributed by atoms with E-state index in [1.54, 1.807) is 31.2 Å². The van der Waals surface area contributed by atoms with Gasteiger partial charge in [0.05, 0.1) is 0 Å². The van der Waals surface area contributed by atoms with E-state index in [0.29, 0.717) is 41.4 Å². The van der Waals surface area contributed by atoms with Crippen LogP contribution in [0.15, 0.2) is 53.9 Å². The fourth-order valence-electron chi connectivity index (χ4n) is 2.85. The maximum Gasteiger partial charge on any atom is 0.430 e. The third-order valence-corrected chi connectivity index (χ3v) is 5.89. The minimum atomic E-state index is -5.90. The molecule has 1 aromatic carbocycles. The zero-order valence-electron chi connectivity index (χ0n) is 16.9. The first-order chi connectivity index (χ1) is 14.8. The second-order valence-electron chi connectivity index (χ2n) is 7.10. The van der Waals surface area contributed by atoms with Gasteiger partial charge in [0.2, 0.25) is 0 Å². The molecule has 1 heterocycles. The summed E-state index contributed by atoms with van der Waals surface area (Å²) in [4.78, 5) is 0.702. The molecule has 0 saturated carbocycles. The van der Waals surface area contributed by atoms with Crippen molar-refractivity contribution in [2.45, 2.75) is 50.4 Å². The summed E-state index contributed by atoms with van der Waals surface area (Å²) in [5.74, 6) is 0. The van der Waals surface area contributed by atoms with Crippen LogP contribution in [0.4, 0.5) is 26.3 Å². The van der Waals surface area contributed by atoms with Crippen molar-refractivity contribution in [1.82, 2.24) is 0 Å². The average molecular weight is 480 g/mol. The number of aliphatic hydroxyl groups excluding tert-OH is 1. The molecule has 3 N–H and O–H groups in total. The van der Waals surface area contributed by atoms with Crippen molar-refractivity contribution in [2.75, 3.05) is 0 Å². The molecule has 0 aliphatic rings. The largest absolute Gasteiger partial charge is 0.430 e. The van der Waals surface area contributed by atoms with Gasteiger partial charge in [-0.25, -0.2) is 0 Å². The van der Waals surface area contributed by atoms with E-state index < -0.39 is 24.2 Å². The number of hydrogen-bond acceptors (Lipinski definition) is 4. The number of aryl methyl sites for hydroxylation is 2. The zero-order chi connectivity index (χ0) is 24.2. The maximum absolute atomic E-state index is 12.8. The van der Waals surface area contributed by atoms with Crippen molar-refractivity contribution in [3.63, 3.8) is 0 Å². The average Bonchev–Trinajstić information content (AvgIpc) is 3.17. The topological polar surface area (TPSA) is 60.7 Å². The highest BCUT2D eigenvalue weighted by Crippen LogP contribution is 2.44. The Morgan fingerprint density at radius 3 is 2.03 bits per heavy atom. The van der Waals surface area contributed by atoms with Gasteiger partial charge in [0.25, 0.3) is 5.60 Å². The predicted octanol–water partition coefficient (Wildman–Crippen LogP) is 5.72. The van der Waals surface area contributed by atoms with Crippen LogP contribution < -0.4 is 0 Å². The van der Waals surface area contributed by atoms with Crippen LogP contribution >= 0.6 is 11.3 Å². The van der Waals surface area contributed by atoms with Crippen LogP contribution in [-0.2, 0) is 12.8 Å². The third kappa shape index (κ3) is 6.22. The summed E-state index contributed by atoms with van der Waals surface area (Å²) >= 11 is 1.32. The molecule has 2 aromatic rings. The van der Waals surface area contributed by atoms with Crippen molar-refractivity contribution in [2.24, 2.45) is 0 Å². The van der Waals surface area contributed by atoms with Gasteiger partial charge >= 0.3 is 12.4 Å². The van der Waals surface area contributed by atoms with Gasteiger partial charge in [0.1, 0.15) is 0 Å². The number of halogens is 6. The van der Waals surface area contributed by atoms with Crippen molar-refractivity contribution in [1.29, 1.82) is 0 Å². The van der Waals surface area contributed by atoms with Gasteiger partial charge in [-0.15, -0.1) is 11.3 Å². The van der Waals surface area contributed by atoms with E-state index in [4.69, 9.17) is 10.2 Å². The highest BCUT2D eigenvalue weighted by molar-refractivity contribution is 7.11. The van der Waals surface area contributed by atoms with Gasteiger partial charge in [-0.2, -0.15) is 26.3 Å². The molecule has 3 nitrogen and oxygen atoms in total. The fraction of sp³-hybridized carbons (Fsp3) is 0.364. The molecule has 2 rings (SSSR count). The Labute approximate surface area is 185 Å². The van der Waals surface area contributed by atoms with E-state index in [2.05, 4.69) is 0 Å². The van der Waals surface area contributed by atoms with Crippen LogP contribution in [0, 0.1) is 0 Å². The van der Waals surface area contributed by atoms with Crippen LogP contribution in [0.2, 0.25) is 0 Å². The second-order valence-corrected chi connectivity index (χ2v) is 8.01. The molecule has 0 spiro atoms. The lowest BCUT2D eigenvalue weighted by molar-refractivity contribution is -0.347. The lowest BCUT2D eigenvalue weighted by Crippen LogP contribution is -2.55. The molecule has 0 aliphatic carbocycles. The van der Waals surface area contributed by atoms with Gasteiger partial charge in [-0.1, -0.05) is 43.3 Å². The number of hydrogen-bond donors (Lipinski definition) is 3. The molecule has 0 saturated heterocycles. The van der Waals surface area contributed by atoms with Crippen molar-refractivity contribution < 1.29 is 41.7 Å². The number of allylic oxidation sites excluding steroid dienone is 3. The highest BCUT2D eigenvalue weighted by Gasteiger charge is 2.68. The van der Waals surface area contributed by atoms with E-state index >= 15 is 0 Å². The van der Waals surface area contributed by atoms with Gasteiger partial charge in [-0.3, -0.25) is 0 Å². The lowest BCUT2D eigenvalue weighted by Gasteiger charge is -2.29. The van der Waals surface area contributed by atoms with E-state index in [-0.39, 0.29) is 6.08 Å². The van der Waals surface area contributed by atoms with Crippen LogP contribution in [0.5, 0.6) is 0 Å². The van der Waals surface area contributed by atoms with Crippen LogP contribution in [0.1, 0.15) is 41.2 Å². The smallest absolute Gasteiger partial charge is 0.370 e. The van der Waals surface area contributed by atoms with Crippen molar-refractivity contribution in [3.8, 4) is 0 Å². The Balaban J connectivity index is 2.12. The van der Waals surface area contributed by atoms with Gasteiger partial charge in [0, 0.05) is 10.4 Å². The van der Waals surface area contributed by atoms with Crippen molar-refractivity contribution >= 4 is 16.9 Å². The first-order valence-corrected chi connectivity index (χ1v) is 10.4. The second kappa shape index (κ2) is 10.2. The molecule has 0 bridgehead atoms. The van der Waals surface area contributed by atoms with Crippen LogP contribution in [0.25, 0.3) is 5.57 Å². The summed E-state index contributed by atoms with van der Waals surface area (Å²) in [7, 11) is 0. The van der Waals surface area contributed by atoms with Gasteiger partial charge in [0.15, 0.2) is 6.29 Å². The molecule has 0 amide bonds. The number of alkyl halides is 6. The molecule has 0 unspecified atom stereocenters. The SMILES string of the molecule is CCC(=CC=CC(O)(C(F)(F)F)C(F)(F)F)c1cc(CCc2ccc(C(O)O)cc2)cs1. The number of thiophene rings is 1. The summed E-state index contributed by atoms with van der Waals surface area (Å²) < 4.78 is 76.5. The number of aliphatic hydroxyl groups is 3. The fourth-order valence-corrected chi connectivity index (χ4v) is 3.90. The summed E-state index contributed by atoms with van der Waals surface area (Å²) in [6.45, 7) is 1.72. The summed E-state index contributed by atoms with van der Waals surface area (Å²) in [5.41, 5.74) is -2.10. The lowest BCUT2D eigenvalue weighted by atomic mass is 10.0. The molecule has 0 atom stereocenters. The normalized spacial score (nSPS) is 14.0. The third-order valence-electron chi connectivity index (χ3n) is 4.83. The molecule has 176 valence electrons. The van der Waals surface area contributed by atoms with E-state index in [1.165, 1.54) is 11.3 Å². The Kier molecular flexibility index (Phi) is 8.33. The molecule has 0 radical (unpaired) electrons. The molecule has 1 aromatic heterocycles. The van der Waals surface area contributed by atoms with Gasteiger partial charge in [-0.05, 0) is 53.5 Å². The van der Waals surface area contributed by atoms with E-state index in [0.717, 1.165) is 17.2 Å². The standard InChI is InChI=1S/C22H22F6O3S/c1-2-16(4-3-11-20(31,21(23,24)25)22(26,27)28)18-12-15(13-32-18)6-5-14-7-9-17(10-8-14)19(29)30/h3-4,7-13,19,29-31H,2,5-6H2,1H3. The Hall–Kier alpha value is -2.14. The molecule has 0 fully saturated rings. The molecule has 10 heteroatoms. The number of rotatable bonds is 8. The monoisotopic (exact) mass is 480 g/mol.